The van der Waals surface area contributed by atoms with E-state index in [-0.39, 0.29) is 0 Å². The molecule has 0 bridgehead atoms. The average Bonchev–Trinajstić information content (AvgIpc) is 2.23. The predicted molar refractivity (Wildman–Crippen MR) is 64.8 cm³/mol. The van der Waals surface area contributed by atoms with Crippen molar-refractivity contribution < 1.29 is 0 Å². The van der Waals surface area contributed by atoms with E-state index in [1.807, 2.05) is 12.1 Å². The zero-order valence-corrected chi connectivity index (χ0v) is 9.54. The minimum atomic E-state index is 0.938. The summed E-state index contributed by atoms with van der Waals surface area (Å²) in [6.07, 6.45) is 11.4. The summed E-state index contributed by atoms with van der Waals surface area (Å²) in [7, 11) is 0. The van der Waals surface area contributed by atoms with Crippen LogP contribution in [0.15, 0.2) is 24.3 Å². The van der Waals surface area contributed by atoms with Gasteiger partial charge in [-0.25, -0.2) is 0 Å². The van der Waals surface area contributed by atoms with Crippen LogP contribution < -0.4 is 0 Å². The summed E-state index contributed by atoms with van der Waals surface area (Å²) in [4.78, 5) is 0. The third-order valence-electron chi connectivity index (χ3n) is 3.54. The van der Waals surface area contributed by atoms with Crippen LogP contribution in [-0.4, -0.2) is 0 Å². The fourth-order valence-electron chi connectivity index (χ4n) is 2.64. The highest BCUT2D eigenvalue weighted by atomic mass is 14.2. The third-order valence-corrected chi connectivity index (χ3v) is 3.54. The molecule has 1 aromatic rings. The number of hydrogen-bond acceptors (Lipinski definition) is 0. The third kappa shape index (κ3) is 3.70. The molecule has 0 amide bonds. The van der Waals surface area contributed by atoms with Crippen LogP contribution in [0.3, 0.4) is 0 Å². The van der Waals surface area contributed by atoms with Gasteiger partial charge in [-0.15, -0.1) is 0 Å². The molecule has 0 heteroatoms. The highest BCUT2D eigenvalue weighted by Gasteiger charge is 2.11. The molecule has 0 aromatic heterocycles. The Labute approximate surface area is 93.7 Å². The first kappa shape index (κ1) is 10.7. The van der Waals surface area contributed by atoms with E-state index in [4.69, 9.17) is 0 Å². The Morgan fingerprint density at radius 1 is 0.933 bits per heavy atom. The van der Waals surface area contributed by atoms with Crippen molar-refractivity contribution in [2.45, 2.75) is 51.4 Å². The smallest absolute Gasteiger partial charge is 0.0184 e. The Kier molecular flexibility index (Phi) is 4.25. The molecule has 15 heavy (non-hydrogen) atoms. The van der Waals surface area contributed by atoms with E-state index in [1.54, 1.807) is 0 Å². The Morgan fingerprint density at radius 2 is 1.53 bits per heavy atom. The minimum absolute atomic E-state index is 0.938. The van der Waals surface area contributed by atoms with E-state index >= 15 is 0 Å². The summed E-state index contributed by atoms with van der Waals surface area (Å²) in [5.41, 5.74) is 1.50. The fraction of sp³-hybridized carbons (Fsp3) is 0.600. The SMILES string of the molecule is [c]1ccc(CC2CCCCCCC2)cc1. The molecule has 0 saturated heterocycles. The van der Waals surface area contributed by atoms with Crippen molar-refractivity contribution in [3.8, 4) is 0 Å². The van der Waals surface area contributed by atoms with Crippen molar-refractivity contribution in [2.75, 3.05) is 0 Å². The van der Waals surface area contributed by atoms with Crippen LogP contribution >= 0.6 is 0 Å². The van der Waals surface area contributed by atoms with Crippen molar-refractivity contribution in [2.24, 2.45) is 5.92 Å². The predicted octanol–water partition coefficient (Wildman–Crippen LogP) is 4.39. The summed E-state index contributed by atoms with van der Waals surface area (Å²) < 4.78 is 0. The monoisotopic (exact) mass is 201 g/mol. The largest absolute Gasteiger partial charge is 0.0584 e. The van der Waals surface area contributed by atoms with Gasteiger partial charge in [0, 0.05) is 0 Å². The van der Waals surface area contributed by atoms with E-state index in [1.165, 1.54) is 56.9 Å². The van der Waals surface area contributed by atoms with Crippen molar-refractivity contribution in [3.05, 3.63) is 35.9 Å². The highest BCUT2D eigenvalue weighted by molar-refractivity contribution is 5.14. The van der Waals surface area contributed by atoms with Crippen molar-refractivity contribution in [1.29, 1.82) is 0 Å². The van der Waals surface area contributed by atoms with Crippen molar-refractivity contribution >= 4 is 0 Å². The number of hydrogen-bond donors (Lipinski definition) is 0. The topological polar surface area (TPSA) is 0 Å². The molecule has 1 fully saturated rings. The van der Waals surface area contributed by atoms with Gasteiger partial charge in [-0.1, -0.05) is 69.2 Å². The van der Waals surface area contributed by atoms with Crippen LogP contribution in [0.5, 0.6) is 0 Å². The minimum Gasteiger partial charge on any atom is -0.0584 e. The second kappa shape index (κ2) is 5.95. The van der Waals surface area contributed by atoms with Gasteiger partial charge >= 0.3 is 0 Å². The van der Waals surface area contributed by atoms with Gasteiger partial charge in [-0.2, -0.15) is 0 Å². The lowest BCUT2D eigenvalue weighted by atomic mass is 9.87. The van der Waals surface area contributed by atoms with E-state index in [9.17, 15) is 0 Å². The average molecular weight is 201 g/mol. The molecule has 1 saturated carbocycles. The van der Waals surface area contributed by atoms with E-state index in [0.29, 0.717) is 0 Å². The first-order valence-electron chi connectivity index (χ1n) is 6.40. The van der Waals surface area contributed by atoms with Gasteiger partial charge in [0.25, 0.3) is 0 Å². The van der Waals surface area contributed by atoms with Crippen LogP contribution in [0.4, 0.5) is 0 Å². The van der Waals surface area contributed by atoms with Gasteiger partial charge in [0.15, 0.2) is 0 Å². The first-order chi connectivity index (χ1) is 7.45. The van der Waals surface area contributed by atoms with E-state index in [0.717, 1.165) is 5.92 Å². The van der Waals surface area contributed by atoms with Crippen molar-refractivity contribution in [3.63, 3.8) is 0 Å². The van der Waals surface area contributed by atoms with Gasteiger partial charge in [-0.3, -0.25) is 0 Å². The Bertz CT molecular complexity index is 255. The van der Waals surface area contributed by atoms with Crippen LogP contribution in [0.25, 0.3) is 0 Å². The molecule has 0 aliphatic heterocycles. The maximum atomic E-state index is 3.09. The molecule has 1 aliphatic carbocycles. The Hall–Kier alpha value is -0.780. The highest BCUT2D eigenvalue weighted by Crippen LogP contribution is 2.25. The molecule has 2 rings (SSSR count). The molecule has 1 radical (unpaired) electrons. The van der Waals surface area contributed by atoms with Gasteiger partial charge < -0.3 is 0 Å². The lowest BCUT2D eigenvalue weighted by Crippen LogP contribution is -2.07. The molecular weight excluding hydrogens is 180 g/mol. The normalized spacial score (nSPS) is 19.5. The zero-order chi connectivity index (χ0) is 10.3. The molecule has 0 nitrogen and oxygen atoms in total. The second-order valence-corrected chi connectivity index (χ2v) is 4.82. The maximum absolute atomic E-state index is 3.09. The van der Waals surface area contributed by atoms with Gasteiger partial charge in [-0.05, 0) is 24.0 Å². The summed E-state index contributed by atoms with van der Waals surface area (Å²) in [5.74, 6) is 0.938. The molecular formula is C15H21. The molecule has 1 aliphatic rings. The number of benzene rings is 1. The first-order valence-corrected chi connectivity index (χ1v) is 6.40. The molecule has 0 heterocycles. The Balaban J connectivity index is 1.86. The van der Waals surface area contributed by atoms with E-state index in [2.05, 4.69) is 18.2 Å². The molecule has 0 unspecified atom stereocenters. The number of rotatable bonds is 2. The van der Waals surface area contributed by atoms with Crippen LogP contribution in [-0.2, 0) is 6.42 Å². The molecule has 0 spiro atoms. The summed E-state index contributed by atoms with van der Waals surface area (Å²) >= 11 is 0. The summed E-state index contributed by atoms with van der Waals surface area (Å²) in [6.45, 7) is 0. The van der Waals surface area contributed by atoms with Gasteiger partial charge in [0.2, 0.25) is 0 Å². The lowest BCUT2D eigenvalue weighted by molar-refractivity contribution is 0.376. The molecule has 0 atom stereocenters. The molecule has 81 valence electrons. The molecule has 1 aromatic carbocycles. The fourth-order valence-corrected chi connectivity index (χ4v) is 2.64. The lowest BCUT2D eigenvalue weighted by Gasteiger charge is -2.19. The maximum Gasteiger partial charge on any atom is -0.0184 e. The summed E-state index contributed by atoms with van der Waals surface area (Å²) in [5, 5.41) is 0. The van der Waals surface area contributed by atoms with Gasteiger partial charge in [0.05, 0.1) is 0 Å². The van der Waals surface area contributed by atoms with E-state index < -0.39 is 0 Å². The Morgan fingerprint density at radius 3 is 2.20 bits per heavy atom. The zero-order valence-electron chi connectivity index (χ0n) is 9.54. The standard InChI is InChI=1S/C15H21/c1-2-5-9-14(10-6-3-1)13-15-11-7-4-8-12-15/h7-8,11-12,14H,1-3,5-6,9-10,13H2. The van der Waals surface area contributed by atoms with Gasteiger partial charge in [0.1, 0.15) is 0 Å². The second-order valence-electron chi connectivity index (χ2n) is 4.82. The quantitative estimate of drug-likeness (QED) is 0.665. The van der Waals surface area contributed by atoms with Crippen LogP contribution in [0, 0.1) is 12.0 Å². The van der Waals surface area contributed by atoms with Crippen LogP contribution in [0.2, 0.25) is 0 Å². The van der Waals surface area contributed by atoms with Crippen LogP contribution in [0.1, 0.15) is 50.5 Å². The summed E-state index contributed by atoms with van der Waals surface area (Å²) in [6, 6.07) is 11.6. The van der Waals surface area contributed by atoms with Crippen molar-refractivity contribution in [1.82, 2.24) is 0 Å². The molecule has 0 N–H and O–H groups in total.